The number of benzene rings is 2. The summed E-state index contributed by atoms with van der Waals surface area (Å²) in [4.78, 5) is 25.5. The number of nitrogens with one attached hydrogen (secondary N) is 1. The number of nitrogen functional groups attached to an aromatic ring is 1. The Labute approximate surface area is 199 Å². The lowest BCUT2D eigenvalue weighted by Gasteiger charge is -2.06. The molecule has 0 saturated carbocycles. The number of pyridine rings is 1. The third kappa shape index (κ3) is 4.60. The number of hydrogen-bond donors (Lipinski definition) is 2. The Hall–Kier alpha value is -5.30. The summed E-state index contributed by atoms with van der Waals surface area (Å²) >= 11 is 0. The molecule has 5 aromatic rings. The van der Waals surface area contributed by atoms with E-state index in [9.17, 15) is 4.79 Å². The molecule has 10 heteroatoms. The second kappa shape index (κ2) is 9.29. The van der Waals surface area contributed by atoms with Crippen LogP contribution in [0.2, 0.25) is 0 Å². The fourth-order valence-electron chi connectivity index (χ4n) is 3.54. The number of rotatable bonds is 6. The van der Waals surface area contributed by atoms with Crippen molar-refractivity contribution in [2.75, 3.05) is 11.1 Å². The topological polar surface area (TPSA) is 145 Å². The number of carbonyl (C=O) groups is 1. The number of nitriles is 1. The molecule has 0 unspecified atom stereocenters. The van der Waals surface area contributed by atoms with Crippen LogP contribution in [0, 0.1) is 11.3 Å². The first-order chi connectivity index (χ1) is 17.1. The van der Waals surface area contributed by atoms with Gasteiger partial charge in [0, 0.05) is 23.5 Å². The van der Waals surface area contributed by atoms with Crippen molar-refractivity contribution in [3.8, 4) is 29.0 Å². The predicted octanol–water partition coefficient (Wildman–Crippen LogP) is 3.77. The number of aromatic nitrogens is 5. The molecule has 5 rings (SSSR count). The summed E-state index contributed by atoms with van der Waals surface area (Å²) in [7, 11) is 0. The molecule has 170 valence electrons. The zero-order valence-electron chi connectivity index (χ0n) is 18.3. The highest BCUT2D eigenvalue weighted by molar-refractivity contribution is 5.99. The standard InChI is InChI=1S/C25H18N8O2/c26-12-16-5-4-6-18(11-16)31-20(34)14-33-25-22(24(27)29-15-30-25)23(32-33)17-9-10-21(28-13-17)35-19-7-2-1-3-8-19/h1-11,13,15H,14H2,(H,31,34)(H2,27,29,30). The third-order valence-corrected chi connectivity index (χ3v) is 5.10. The Balaban J connectivity index is 1.43. The lowest BCUT2D eigenvalue weighted by Crippen LogP contribution is -2.19. The van der Waals surface area contributed by atoms with Gasteiger partial charge in [0.1, 0.15) is 30.1 Å². The quantitative estimate of drug-likeness (QED) is 0.388. The van der Waals surface area contributed by atoms with Crippen LogP contribution in [0.5, 0.6) is 11.6 Å². The van der Waals surface area contributed by atoms with Crippen LogP contribution in [0.1, 0.15) is 5.56 Å². The van der Waals surface area contributed by atoms with Gasteiger partial charge in [-0.3, -0.25) is 4.79 Å². The van der Waals surface area contributed by atoms with E-state index in [0.29, 0.717) is 45.2 Å². The molecule has 3 heterocycles. The van der Waals surface area contributed by atoms with Gasteiger partial charge in [-0.25, -0.2) is 19.6 Å². The molecule has 10 nitrogen and oxygen atoms in total. The monoisotopic (exact) mass is 462 g/mol. The molecule has 0 saturated heterocycles. The summed E-state index contributed by atoms with van der Waals surface area (Å²) in [6, 6.07) is 21.6. The molecule has 0 radical (unpaired) electrons. The van der Waals surface area contributed by atoms with E-state index in [1.165, 1.54) is 11.0 Å². The van der Waals surface area contributed by atoms with Crippen LogP contribution < -0.4 is 15.8 Å². The summed E-state index contributed by atoms with van der Waals surface area (Å²) < 4.78 is 7.21. The Morgan fingerprint density at radius 1 is 1.06 bits per heavy atom. The molecule has 3 aromatic heterocycles. The van der Waals surface area contributed by atoms with E-state index in [1.807, 2.05) is 36.4 Å². The van der Waals surface area contributed by atoms with E-state index in [0.717, 1.165) is 0 Å². The Morgan fingerprint density at radius 3 is 2.69 bits per heavy atom. The highest BCUT2D eigenvalue weighted by Gasteiger charge is 2.19. The van der Waals surface area contributed by atoms with Crippen LogP contribution in [-0.4, -0.2) is 30.6 Å². The molecule has 35 heavy (non-hydrogen) atoms. The first-order valence-electron chi connectivity index (χ1n) is 10.6. The number of fused-ring (bicyclic) bond motifs is 1. The minimum Gasteiger partial charge on any atom is -0.439 e. The van der Waals surface area contributed by atoms with Crippen molar-refractivity contribution in [2.24, 2.45) is 0 Å². The maximum Gasteiger partial charge on any atom is 0.246 e. The van der Waals surface area contributed by atoms with Gasteiger partial charge in [0.25, 0.3) is 0 Å². The maximum atomic E-state index is 12.7. The molecule has 0 aliphatic heterocycles. The van der Waals surface area contributed by atoms with Crippen LogP contribution in [0.3, 0.4) is 0 Å². The highest BCUT2D eigenvalue weighted by Crippen LogP contribution is 2.31. The first-order valence-corrected chi connectivity index (χ1v) is 10.6. The van der Waals surface area contributed by atoms with Gasteiger partial charge in [-0.2, -0.15) is 10.4 Å². The molecule has 0 fully saturated rings. The van der Waals surface area contributed by atoms with Gasteiger partial charge in [0.15, 0.2) is 5.65 Å². The molecule has 0 spiro atoms. The third-order valence-electron chi connectivity index (χ3n) is 5.10. The molecule has 0 atom stereocenters. The van der Waals surface area contributed by atoms with Crippen LogP contribution in [0.15, 0.2) is 79.3 Å². The number of hydrogen-bond acceptors (Lipinski definition) is 8. The van der Waals surface area contributed by atoms with E-state index in [1.54, 1.807) is 42.6 Å². The van der Waals surface area contributed by atoms with Crippen molar-refractivity contribution in [3.05, 3.63) is 84.8 Å². The number of anilines is 2. The number of amides is 1. The predicted molar refractivity (Wildman–Crippen MR) is 129 cm³/mol. The highest BCUT2D eigenvalue weighted by atomic mass is 16.5. The number of nitrogens with two attached hydrogens (primary N) is 1. The summed E-state index contributed by atoms with van der Waals surface area (Å²) in [5, 5.41) is 16.9. The molecular formula is C25H18N8O2. The average Bonchev–Trinajstić information content (AvgIpc) is 3.24. The Kier molecular flexibility index (Phi) is 5.71. The van der Waals surface area contributed by atoms with Crippen molar-refractivity contribution < 1.29 is 9.53 Å². The molecule has 0 aliphatic rings. The smallest absolute Gasteiger partial charge is 0.246 e. The minimum absolute atomic E-state index is 0.119. The van der Waals surface area contributed by atoms with Crippen molar-refractivity contribution in [3.63, 3.8) is 0 Å². The van der Waals surface area contributed by atoms with E-state index >= 15 is 0 Å². The zero-order chi connectivity index (χ0) is 24.2. The first kappa shape index (κ1) is 21.5. The molecule has 3 N–H and O–H groups in total. The molecular weight excluding hydrogens is 444 g/mol. The van der Waals surface area contributed by atoms with E-state index in [2.05, 4.69) is 25.4 Å². The van der Waals surface area contributed by atoms with Crippen LogP contribution in [-0.2, 0) is 11.3 Å². The SMILES string of the molecule is N#Cc1cccc(NC(=O)Cn2nc(-c3ccc(Oc4ccccc4)nc3)c3c(N)ncnc32)c1. The van der Waals surface area contributed by atoms with Crippen molar-refractivity contribution in [1.29, 1.82) is 5.26 Å². The normalized spacial score (nSPS) is 10.6. The zero-order valence-corrected chi connectivity index (χ0v) is 18.3. The molecule has 0 aliphatic carbocycles. The number of ether oxygens (including phenoxy) is 1. The minimum atomic E-state index is -0.335. The molecule has 1 amide bonds. The molecule has 0 bridgehead atoms. The van der Waals surface area contributed by atoms with E-state index in [4.69, 9.17) is 15.7 Å². The number of para-hydroxylation sites is 1. The van der Waals surface area contributed by atoms with Crippen molar-refractivity contribution >= 4 is 28.4 Å². The lowest BCUT2D eigenvalue weighted by atomic mass is 10.1. The van der Waals surface area contributed by atoms with Gasteiger partial charge in [-0.1, -0.05) is 24.3 Å². The largest absolute Gasteiger partial charge is 0.439 e. The average molecular weight is 462 g/mol. The van der Waals surface area contributed by atoms with Crippen LogP contribution in [0.25, 0.3) is 22.3 Å². The second-order valence-electron chi connectivity index (χ2n) is 7.50. The van der Waals surface area contributed by atoms with Crippen LogP contribution >= 0.6 is 0 Å². The summed E-state index contributed by atoms with van der Waals surface area (Å²) in [5.74, 6) is 0.999. The van der Waals surface area contributed by atoms with Gasteiger partial charge in [-0.05, 0) is 36.4 Å². The molecule has 2 aromatic carbocycles. The summed E-state index contributed by atoms with van der Waals surface area (Å²) in [6.45, 7) is -0.119. The van der Waals surface area contributed by atoms with Gasteiger partial charge in [0.2, 0.25) is 11.8 Å². The second-order valence-corrected chi connectivity index (χ2v) is 7.50. The number of nitrogens with zero attached hydrogens (tertiary/aromatic N) is 6. The summed E-state index contributed by atoms with van der Waals surface area (Å²) in [6.07, 6.45) is 2.94. The van der Waals surface area contributed by atoms with Gasteiger partial charge in [0.05, 0.1) is 17.0 Å². The fraction of sp³-hybridized carbons (Fsp3) is 0.0400. The van der Waals surface area contributed by atoms with Crippen LogP contribution in [0.4, 0.5) is 11.5 Å². The summed E-state index contributed by atoms with van der Waals surface area (Å²) in [5.41, 5.74) is 8.68. The van der Waals surface area contributed by atoms with Gasteiger partial charge < -0.3 is 15.8 Å². The maximum absolute atomic E-state index is 12.7. The van der Waals surface area contributed by atoms with Crippen molar-refractivity contribution in [2.45, 2.75) is 6.54 Å². The fourth-order valence-corrected chi connectivity index (χ4v) is 3.54. The Bertz CT molecular complexity index is 1560. The van der Waals surface area contributed by atoms with Gasteiger partial charge >= 0.3 is 0 Å². The van der Waals surface area contributed by atoms with Gasteiger partial charge in [-0.15, -0.1) is 0 Å². The van der Waals surface area contributed by atoms with E-state index in [-0.39, 0.29) is 18.3 Å². The van der Waals surface area contributed by atoms with Crippen molar-refractivity contribution in [1.82, 2.24) is 24.7 Å². The van der Waals surface area contributed by atoms with E-state index < -0.39 is 0 Å². The Morgan fingerprint density at radius 2 is 1.91 bits per heavy atom. The number of carbonyl (C=O) groups excluding carboxylic acids is 1. The lowest BCUT2D eigenvalue weighted by molar-refractivity contribution is -0.116.